The van der Waals surface area contributed by atoms with Gasteiger partial charge in [0, 0.05) is 11.6 Å². The molecule has 0 spiro atoms. The third kappa shape index (κ3) is 2.07. The van der Waals surface area contributed by atoms with Crippen LogP contribution in [0.5, 0.6) is 0 Å². The molecule has 2 aliphatic carbocycles. The number of thiophene rings is 1. The van der Waals surface area contributed by atoms with Crippen LogP contribution < -0.4 is 16.8 Å². The quantitative estimate of drug-likeness (QED) is 0.782. The van der Waals surface area contributed by atoms with Crippen LogP contribution in [0.4, 0.5) is 10.7 Å². The molecule has 3 rings (SSSR count). The van der Waals surface area contributed by atoms with Gasteiger partial charge in [0.05, 0.1) is 10.7 Å². The molecule has 1 amide bonds. The molecule has 1 heterocycles. The molecule has 0 saturated heterocycles. The molecule has 1 aromatic heterocycles. The zero-order valence-corrected chi connectivity index (χ0v) is 11.2. The van der Waals surface area contributed by atoms with Gasteiger partial charge < -0.3 is 16.8 Å². The van der Waals surface area contributed by atoms with E-state index in [2.05, 4.69) is 5.32 Å². The number of anilines is 2. The van der Waals surface area contributed by atoms with Crippen LogP contribution in [0.15, 0.2) is 0 Å². The third-order valence-electron chi connectivity index (χ3n) is 3.88. The molecule has 4 nitrogen and oxygen atoms in total. The average molecular weight is 265 g/mol. The van der Waals surface area contributed by atoms with E-state index in [0.29, 0.717) is 22.5 Å². The van der Waals surface area contributed by atoms with Crippen molar-refractivity contribution in [1.29, 1.82) is 0 Å². The molecule has 0 atom stereocenters. The fourth-order valence-corrected chi connectivity index (χ4v) is 3.92. The van der Waals surface area contributed by atoms with Crippen molar-refractivity contribution in [1.82, 2.24) is 0 Å². The Morgan fingerprint density at radius 2 is 1.89 bits per heavy atom. The topological polar surface area (TPSA) is 81.1 Å². The zero-order valence-electron chi connectivity index (χ0n) is 10.4. The van der Waals surface area contributed by atoms with Gasteiger partial charge in [0.15, 0.2) is 0 Å². The summed E-state index contributed by atoms with van der Waals surface area (Å²) in [5.74, 6) is 0.136. The van der Waals surface area contributed by atoms with E-state index in [1.807, 2.05) is 0 Å². The molecule has 0 aliphatic heterocycles. The minimum atomic E-state index is -0.404. The Bertz CT molecular complexity index is 473. The Morgan fingerprint density at radius 1 is 1.22 bits per heavy atom. The number of rotatable bonds is 4. The second kappa shape index (κ2) is 4.46. The second-order valence-electron chi connectivity index (χ2n) is 5.35. The summed E-state index contributed by atoms with van der Waals surface area (Å²) < 4.78 is 0. The summed E-state index contributed by atoms with van der Waals surface area (Å²) in [5, 5.41) is 4.67. The van der Waals surface area contributed by atoms with Crippen molar-refractivity contribution in [2.75, 3.05) is 11.1 Å². The van der Waals surface area contributed by atoms with Crippen molar-refractivity contribution in [3.8, 4) is 0 Å². The second-order valence-corrected chi connectivity index (χ2v) is 6.37. The minimum Gasteiger partial charge on any atom is -0.397 e. The lowest BCUT2D eigenvalue weighted by molar-refractivity contribution is 0.100. The SMILES string of the molecule is NC(=O)c1sc(NC2CCCC2)c(C2CC2)c1N. The smallest absolute Gasteiger partial charge is 0.260 e. The summed E-state index contributed by atoms with van der Waals surface area (Å²) in [7, 11) is 0. The number of primary amides is 1. The number of hydrogen-bond acceptors (Lipinski definition) is 4. The summed E-state index contributed by atoms with van der Waals surface area (Å²) in [6.07, 6.45) is 7.37. The fraction of sp³-hybridized carbons (Fsp3) is 0.615. The van der Waals surface area contributed by atoms with E-state index in [1.165, 1.54) is 49.9 Å². The molecular weight excluding hydrogens is 246 g/mol. The van der Waals surface area contributed by atoms with Crippen molar-refractivity contribution in [2.45, 2.75) is 50.5 Å². The monoisotopic (exact) mass is 265 g/mol. The van der Waals surface area contributed by atoms with Gasteiger partial charge in [-0.05, 0) is 31.6 Å². The molecule has 2 fully saturated rings. The van der Waals surface area contributed by atoms with Crippen molar-refractivity contribution in [2.24, 2.45) is 5.73 Å². The van der Waals surface area contributed by atoms with Gasteiger partial charge in [0.2, 0.25) is 0 Å². The van der Waals surface area contributed by atoms with Crippen molar-refractivity contribution in [3.63, 3.8) is 0 Å². The first kappa shape index (κ1) is 11.8. The Kier molecular flexibility index (Phi) is 2.93. The molecule has 5 N–H and O–H groups in total. The lowest BCUT2D eigenvalue weighted by Gasteiger charge is -2.13. The van der Waals surface area contributed by atoms with E-state index in [-0.39, 0.29) is 0 Å². The van der Waals surface area contributed by atoms with Crippen molar-refractivity contribution < 1.29 is 4.79 Å². The number of carbonyl (C=O) groups excluding carboxylic acids is 1. The van der Waals surface area contributed by atoms with E-state index in [4.69, 9.17) is 11.5 Å². The molecule has 2 saturated carbocycles. The van der Waals surface area contributed by atoms with E-state index in [1.54, 1.807) is 0 Å². The average Bonchev–Trinajstić information content (AvgIpc) is 2.91. The maximum atomic E-state index is 11.4. The van der Waals surface area contributed by atoms with Crippen LogP contribution >= 0.6 is 11.3 Å². The molecule has 18 heavy (non-hydrogen) atoms. The maximum absolute atomic E-state index is 11.4. The molecule has 1 aromatic rings. The maximum Gasteiger partial charge on any atom is 0.260 e. The lowest BCUT2D eigenvalue weighted by atomic mass is 10.1. The van der Waals surface area contributed by atoms with Gasteiger partial charge in [-0.25, -0.2) is 0 Å². The summed E-state index contributed by atoms with van der Waals surface area (Å²) in [4.78, 5) is 11.9. The number of nitrogen functional groups attached to an aromatic ring is 1. The Labute approximate surface area is 111 Å². The van der Waals surface area contributed by atoms with Gasteiger partial charge in [-0.3, -0.25) is 4.79 Å². The highest BCUT2D eigenvalue weighted by molar-refractivity contribution is 7.18. The first-order valence-electron chi connectivity index (χ1n) is 6.65. The van der Waals surface area contributed by atoms with Gasteiger partial charge in [-0.2, -0.15) is 0 Å². The van der Waals surface area contributed by atoms with Crippen LogP contribution in [0, 0.1) is 0 Å². The van der Waals surface area contributed by atoms with Crippen LogP contribution in [-0.4, -0.2) is 11.9 Å². The van der Waals surface area contributed by atoms with E-state index < -0.39 is 5.91 Å². The third-order valence-corrected chi connectivity index (χ3v) is 5.05. The predicted octanol–water partition coefficient (Wildman–Crippen LogP) is 2.66. The molecule has 0 aromatic carbocycles. The standard InChI is InChI=1S/C13H19N3OS/c14-10-9(7-5-6-7)13(18-11(10)12(15)17)16-8-3-1-2-4-8/h7-8,16H,1-6,14H2,(H2,15,17). The lowest BCUT2D eigenvalue weighted by Crippen LogP contribution is -2.14. The first-order valence-corrected chi connectivity index (χ1v) is 7.47. The van der Waals surface area contributed by atoms with Gasteiger partial charge >= 0.3 is 0 Å². The van der Waals surface area contributed by atoms with Gasteiger partial charge in [0.25, 0.3) is 5.91 Å². The molecule has 5 heteroatoms. The predicted molar refractivity (Wildman–Crippen MR) is 75.1 cm³/mol. The van der Waals surface area contributed by atoms with Gasteiger partial charge in [-0.15, -0.1) is 11.3 Å². The van der Waals surface area contributed by atoms with Crippen LogP contribution in [0.3, 0.4) is 0 Å². The van der Waals surface area contributed by atoms with E-state index >= 15 is 0 Å². The Balaban J connectivity index is 1.91. The van der Waals surface area contributed by atoms with Crippen LogP contribution in [0.2, 0.25) is 0 Å². The van der Waals surface area contributed by atoms with Crippen LogP contribution in [-0.2, 0) is 0 Å². The molecular formula is C13H19N3OS. The number of nitrogens with one attached hydrogen (secondary N) is 1. The molecule has 0 radical (unpaired) electrons. The van der Waals surface area contributed by atoms with Crippen LogP contribution in [0.1, 0.15) is 59.7 Å². The first-order chi connectivity index (χ1) is 8.66. The highest BCUT2D eigenvalue weighted by atomic mass is 32.1. The number of carbonyl (C=O) groups is 1. The fourth-order valence-electron chi connectivity index (χ4n) is 2.78. The normalized spacial score (nSPS) is 20.2. The Hall–Kier alpha value is -1.23. The Morgan fingerprint density at radius 3 is 2.44 bits per heavy atom. The van der Waals surface area contributed by atoms with Gasteiger partial charge in [0.1, 0.15) is 4.88 Å². The largest absolute Gasteiger partial charge is 0.397 e. The summed E-state index contributed by atoms with van der Waals surface area (Å²) in [5.41, 5.74) is 13.3. The van der Waals surface area contributed by atoms with Gasteiger partial charge in [-0.1, -0.05) is 12.8 Å². The summed E-state index contributed by atoms with van der Waals surface area (Å²) in [6, 6.07) is 0.543. The number of hydrogen-bond donors (Lipinski definition) is 3. The molecule has 98 valence electrons. The van der Waals surface area contributed by atoms with Crippen molar-refractivity contribution >= 4 is 27.9 Å². The van der Waals surface area contributed by atoms with E-state index in [0.717, 1.165) is 10.6 Å². The number of amides is 1. The minimum absolute atomic E-state index is 0.404. The highest BCUT2D eigenvalue weighted by Crippen LogP contribution is 2.51. The summed E-state index contributed by atoms with van der Waals surface area (Å²) >= 11 is 1.44. The summed E-state index contributed by atoms with van der Waals surface area (Å²) in [6.45, 7) is 0. The molecule has 0 unspecified atom stereocenters. The van der Waals surface area contributed by atoms with E-state index in [9.17, 15) is 4.79 Å². The highest BCUT2D eigenvalue weighted by Gasteiger charge is 2.33. The number of nitrogens with two attached hydrogens (primary N) is 2. The zero-order chi connectivity index (χ0) is 12.7. The molecule has 2 aliphatic rings. The van der Waals surface area contributed by atoms with Crippen molar-refractivity contribution in [3.05, 3.63) is 10.4 Å². The van der Waals surface area contributed by atoms with Crippen LogP contribution in [0.25, 0.3) is 0 Å². The molecule has 0 bridgehead atoms.